The third-order valence-electron chi connectivity index (χ3n) is 3.93. The second-order valence-electron chi connectivity index (χ2n) is 5.87. The maximum absolute atomic E-state index is 4.65. The van der Waals surface area contributed by atoms with Crippen LogP contribution in [0.4, 0.5) is 5.69 Å². The van der Waals surface area contributed by atoms with Gasteiger partial charge < -0.3 is 0 Å². The van der Waals surface area contributed by atoms with Crippen LogP contribution in [0.15, 0.2) is 58.4 Å². The number of thioether (sulfide) groups is 1. The molecule has 2 aromatic carbocycles. The van der Waals surface area contributed by atoms with Crippen molar-refractivity contribution in [3.05, 3.63) is 59.7 Å². The van der Waals surface area contributed by atoms with E-state index < -0.39 is 0 Å². The fraction of sp³-hybridized carbons (Fsp3) is 0.381. The predicted molar refractivity (Wildman–Crippen MR) is 104 cm³/mol. The van der Waals surface area contributed by atoms with Gasteiger partial charge in [-0.15, -0.1) is 11.8 Å². The van der Waals surface area contributed by atoms with E-state index in [9.17, 15) is 0 Å². The Morgan fingerprint density at radius 2 is 1.83 bits per heavy atom. The molecule has 1 unspecified atom stereocenters. The molecule has 0 aromatic heterocycles. The molecule has 0 bridgehead atoms. The first-order chi connectivity index (χ1) is 11.2. The van der Waals surface area contributed by atoms with Crippen molar-refractivity contribution >= 4 is 23.7 Å². The monoisotopic (exact) mass is 325 g/mol. The second kappa shape index (κ2) is 9.57. The lowest BCUT2D eigenvalue weighted by Gasteiger charge is -2.15. The number of hydrogen-bond acceptors (Lipinski definition) is 2. The Kier molecular flexibility index (Phi) is 7.41. The van der Waals surface area contributed by atoms with Gasteiger partial charge in [-0.25, -0.2) is 0 Å². The molecule has 0 spiro atoms. The molecule has 2 heteroatoms. The Balaban J connectivity index is 2.30. The molecule has 0 N–H and O–H groups in total. The van der Waals surface area contributed by atoms with Crippen LogP contribution in [0.25, 0.3) is 0 Å². The van der Waals surface area contributed by atoms with Crippen molar-refractivity contribution in [2.45, 2.75) is 56.6 Å². The summed E-state index contributed by atoms with van der Waals surface area (Å²) in [5.41, 5.74) is 3.72. The first-order valence-electron chi connectivity index (χ1n) is 8.62. The highest BCUT2D eigenvalue weighted by Crippen LogP contribution is 2.32. The van der Waals surface area contributed by atoms with Crippen LogP contribution in [0, 0.1) is 0 Å². The van der Waals surface area contributed by atoms with Gasteiger partial charge in [0.05, 0.1) is 5.69 Å². The molecular formula is C21H27NS. The summed E-state index contributed by atoms with van der Waals surface area (Å²) in [6, 6.07) is 16.8. The topological polar surface area (TPSA) is 12.4 Å². The van der Waals surface area contributed by atoms with E-state index in [0.717, 1.165) is 12.1 Å². The molecule has 1 nitrogen and oxygen atoms in total. The Morgan fingerprint density at radius 1 is 1.04 bits per heavy atom. The van der Waals surface area contributed by atoms with Gasteiger partial charge in [0.15, 0.2) is 0 Å². The number of aliphatic imine (C=N–C) groups is 1. The van der Waals surface area contributed by atoms with Crippen molar-refractivity contribution in [3.8, 4) is 0 Å². The third-order valence-corrected chi connectivity index (χ3v) is 5.40. The van der Waals surface area contributed by atoms with Gasteiger partial charge in [-0.05, 0) is 37.0 Å². The van der Waals surface area contributed by atoms with Crippen LogP contribution in [0.2, 0.25) is 0 Å². The molecule has 2 aromatic rings. The number of rotatable bonds is 8. The SMILES string of the molecule is CCCCc1cccc(C=Nc2ccccc2)c1SC(C)CC. The van der Waals surface area contributed by atoms with Crippen LogP contribution in [-0.4, -0.2) is 11.5 Å². The standard InChI is InChI=1S/C21H27NS/c1-4-6-11-18-12-10-13-19(21(18)23-17(3)5-2)16-22-20-14-8-7-9-15-20/h7-10,12-17H,4-6,11H2,1-3H3. The molecule has 0 amide bonds. The summed E-state index contributed by atoms with van der Waals surface area (Å²) in [6.07, 6.45) is 6.84. The number of benzene rings is 2. The Morgan fingerprint density at radius 3 is 2.52 bits per heavy atom. The molecule has 23 heavy (non-hydrogen) atoms. The van der Waals surface area contributed by atoms with E-state index in [-0.39, 0.29) is 0 Å². The quantitative estimate of drug-likeness (QED) is 0.390. The highest BCUT2D eigenvalue weighted by atomic mass is 32.2. The van der Waals surface area contributed by atoms with Gasteiger partial charge in [0.1, 0.15) is 0 Å². The summed E-state index contributed by atoms with van der Waals surface area (Å²) in [5.74, 6) is 0. The zero-order valence-electron chi connectivity index (χ0n) is 14.5. The Hall–Kier alpha value is -1.54. The van der Waals surface area contributed by atoms with Crippen molar-refractivity contribution in [1.82, 2.24) is 0 Å². The van der Waals surface area contributed by atoms with Crippen LogP contribution >= 0.6 is 11.8 Å². The predicted octanol–water partition coefficient (Wildman–Crippen LogP) is 6.67. The molecule has 0 radical (unpaired) electrons. The van der Waals surface area contributed by atoms with Crippen LogP contribution in [0.1, 0.15) is 51.2 Å². The summed E-state index contributed by atoms with van der Waals surface area (Å²) < 4.78 is 0. The minimum Gasteiger partial charge on any atom is -0.256 e. The lowest BCUT2D eigenvalue weighted by atomic mass is 10.1. The van der Waals surface area contributed by atoms with Gasteiger partial charge in [-0.2, -0.15) is 0 Å². The van der Waals surface area contributed by atoms with Gasteiger partial charge in [0.25, 0.3) is 0 Å². The molecule has 2 rings (SSSR count). The Labute approximate surface area is 145 Å². The summed E-state index contributed by atoms with van der Waals surface area (Å²) in [4.78, 5) is 6.07. The van der Waals surface area contributed by atoms with Gasteiger partial charge >= 0.3 is 0 Å². The number of hydrogen-bond donors (Lipinski definition) is 0. The van der Waals surface area contributed by atoms with Crippen LogP contribution < -0.4 is 0 Å². The molecule has 0 heterocycles. The summed E-state index contributed by atoms with van der Waals surface area (Å²) in [5, 5.41) is 0.627. The van der Waals surface area contributed by atoms with Crippen LogP contribution in [0.5, 0.6) is 0 Å². The highest BCUT2D eigenvalue weighted by Gasteiger charge is 2.11. The van der Waals surface area contributed by atoms with E-state index >= 15 is 0 Å². The lowest BCUT2D eigenvalue weighted by molar-refractivity contribution is 0.784. The first kappa shape index (κ1) is 17.8. The maximum atomic E-state index is 4.65. The molecule has 0 saturated carbocycles. The normalized spacial score (nSPS) is 12.7. The van der Waals surface area contributed by atoms with E-state index in [1.165, 1.54) is 35.3 Å². The zero-order valence-corrected chi connectivity index (χ0v) is 15.3. The van der Waals surface area contributed by atoms with Gasteiger partial charge in [-0.1, -0.05) is 63.6 Å². The minimum atomic E-state index is 0.627. The van der Waals surface area contributed by atoms with Gasteiger partial charge in [0, 0.05) is 21.9 Å². The smallest absolute Gasteiger partial charge is 0.0629 e. The molecule has 1 atom stereocenters. The van der Waals surface area contributed by atoms with Crippen molar-refractivity contribution in [1.29, 1.82) is 0 Å². The number of nitrogens with zero attached hydrogens (tertiary/aromatic N) is 1. The number of para-hydroxylation sites is 1. The number of unbranched alkanes of at least 4 members (excludes halogenated alkanes) is 1. The highest BCUT2D eigenvalue weighted by molar-refractivity contribution is 8.00. The van der Waals surface area contributed by atoms with Crippen molar-refractivity contribution < 1.29 is 0 Å². The average molecular weight is 326 g/mol. The maximum Gasteiger partial charge on any atom is 0.0629 e. The largest absolute Gasteiger partial charge is 0.256 e. The van der Waals surface area contributed by atoms with E-state index in [1.54, 1.807) is 0 Å². The minimum absolute atomic E-state index is 0.627. The molecule has 122 valence electrons. The summed E-state index contributed by atoms with van der Waals surface area (Å²) in [7, 11) is 0. The van der Waals surface area contributed by atoms with E-state index in [4.69, 9.17) is 0 Å². The second-order valence-corrected chi connectivity index (χ2v) is 7.32. The van der Waals surface area contributed by atoms with Crippen molar-refractivity contribution in [2.24, 2.45) is 4.99 Å². The first-order valence-corrected chi connectivity index (χ1v) is 9.50. The van der Waals surface area contributed by atoms with Crippen LogP contribution in [-0.2, 0) is 6.42 Å². The third kappa shape index (κ3) is 5.54. The van der Waals surface area contributed by atoms with Gasteiger partial charge in [0.2, 0.25) is 0 Å². The van der Waals surface area contributed by atoms with E-state index in [2.05, 4.69) is 44.0 Å². The molecule has 0 fully saturated rings. The molecular weight excluding hydrogens is 298 g/mol. The molecule has 0 saturated heterocycles. The lowest BCUT2D eigenvalue weighted by Crippen LogP contribution is -1.99. The van der Waals surface area contributed by atoms with Crippen LogP contribution in [0.3, 0.4) is 0 Å². The average Bonchev–Trinajstić information content (AvgIpc) is 2.60. The van der Waals surface area contributed by atoms with E-state index in [1.807, 2.05) is 48.3 Å². The van der Waals surface area contributed by atoms with E-state index in [0.29, 0.717) is 5.25 Å². The number of aryl methyl sites for hydroxylation is 1. The summed E-state index contributed by atoms with van der Waals surface area (Å²) >= 11 is 1.99. The molecule has 0 aliphatic heterocycles. The zero-order chi connectivity index (χ0) is 16.5. The molecule has 0 aliphatic rings. The fourth-order valence-corrected chi connectivity index (χ4v) is 3.50. The van der Waals surface area contributed by atoms with Crippen molar-refractivity contribution in [3.63, 3.8) is 0 Å². The van der Waals surface area contributed by atoms with Crippen molar-refractivity contribution in [2.75, 3.05) is 0 Å². The summed E-state index contributed by atoms with van der Waals surface area (Å²) in [6.45, 7) is 6.81. The fourth-order valence-electron chi connectivity index (χ4n) is 2.36. The Bertz CT molecular complexity index is 619. The molecule has 0 aliphatic carbocycles. The van der Waals surface area contributed by atoms with Gasteiger partial charge in [-0.3, -0.25) is 4.99 Å².